The van der Waals surface area contributed by atoms with Crippen molar-refractivity contribution in [2.24, 2.45) is 23.7 Å². The summed E-state index contributed by atoms with van der Waals surface area (Å²) in [7, 11) is 0. The molecule has 0 aromatic carbocycles. The number of amides is 2. The van der Waals surface area contributed by atoms with Crippen LogP contribution in [0.25, 0.3) is 0 Å². The van der Waals surface area contributed by atoms with Crippen molar-refractivity contribution in [1.29, 1.82) is 0 Å². The molecule has 5 heteroatoms. The first-order valence-electron chi connectivity index (χ1n) is 5.73. The second-order valence-electron chi connectivity index (χ2n) is 4.83. The summed E-state index contributed by atoms with van der Waals surface area (Å²) in [6.07, 6.45) is 6.80. The third-order valence-electron chi connectivity index (χ3n) is 4.08. The minimum absolute atomic E-state index is 0.0493. The molecule has 2 aliphatic carbocycles. The Kier molecular flexibility index (Phi) is 1.71. The van der Waals surface area contributed by atoms with Crippen LogP contribution in [0.3, 0.4) is 0 Å². The maximum atomic E-state index is 12.3. The number of aromatic nitrogens is 1. The Morgan fingerprint density at radius 2 is 1.82 bits per heavy atom. The molecular formula is C12H10N2O2S. The highest BCUT2D eigenvalue weighted by atomic mass is 32.1. The highest BCUT2D eigenvalue weighted by molar-refractivity contribution is 7.14. The third-order valence-corrected chi connectivity index (χ3v) is 4.84. The number of fused-ring (bicyclic) bond motifs is 5. The Labute approximate surface area is 102 Å². The molecule has 1 saturated carbocycles. The van der Waals surface area contributed by atoms with Crippen molar-refractivity contribution in [2.45, 2.75) is 6.42 Å². The van der Waals surface area contributed by atoms with Crippen molar-refractivity contribution in [3.8, 4) is 0 Å². The van der Waals surface area contributed by atoms with E-state index in [4.69, 9.17) is 0 Å². The van der Waals surface area contributed by atoms with Crippen LogP contribution in [0.15, 0.2) is 23.7 Å². The van der Waals surface area contributed by atoms with Crippen molar-refractivity contribution in [3.05, 3.63) is 23.7 Å². The lowest BCUT2D eigenvalue weighted by Gasteiger charge is -2.14. The predicted molar refractivity (Wildman–Crippen MR) is 62.3 cm³/mol. The molecule has 86 valence electrons. The Bertz CT molecular complexity index is 507. The number of rotatable bonds is 1. The quantitative estimate of drug-likeness (QED) is 0.556. The van der Waals surface area contributed by atoms with Crippen LogP contribution in [0, 0.1) is 23.7 Å². The lowest BCUT2D eigenvalue weighted by Crippen LogP contribution is -2.32. The van der Waals surface area contributed by atoms with E-state index < -0.39 is 0 Å². The van der Waals surface area contributed by atoms with Gasteiger partial charge in [0.2, 0.25) is 11.8 Å². The molecule has 2 amide bonds. The van der Waals surface area contributed by atoms with E-state index in [1.165, 1.54) is 16.2 Å². The number of imide groups is 1. The number of nitrogens with zero attached hydrogens (tertiary/aromatic N) is 2. The van der Waals surface area contributed by atoms with E-state index in [0.29, 0.717) is 5.13 Å². The summed E-state index contributed by atoms with van der Waals surface area (Å²) in [5.41, 5.74) is 0. The summed E-state index contributed by atoms with van der Waals surface area (Å²) in [4.78, 5) is 30.0. The molecule has 4 rings (SSSR count). The minimum atomic E-state index is -0.124. The van der Waals surface area contributed by atoms with Crippen LogP contribution in [0.4, 0.5) is 5.13 Å². The Morgan fingerprint density at radius 3 is 2.35 bits per heavy atom. The highest BCUT2D eigenvalue weighted by Crippen LogP contribution is 2.53. The Morgan fingerprint density at radius 1 is 1.18 bits per heavy atom. The standard InChI is InChI=1S/C12H10N2O2S/c15-10-8-6-1-2-7(5-6)9(8)11(16)14(10)12-13-3-4-17-12/h1-4,6-9H,5H2/t6-,7+,8+,9-. The van der Waals surface area contributed by atoms with Gasteiger partial charge in [-0.05, 0) is 18.3 Å². The van der Waals surface area contributed by atoms with Crippen molar-refractivity contribution in [1.82, 2.24) is 4.98 Å². The molecule has 17 heavy (non-hydrogen) atoms. The summed E-state index contributed by atoms with van der Waals surface area (Å²) in [6, 6.07) is 0. The highest BCUT2D eigenvalue weighted by Gasteiger charge is 2.60. The SMILES string of the molecule is O=C1[C@@H]2[C@H](C(=O)N1c1nccs1)[C@H]1C=C[C@@H]2C1. The van der Waals surface area contributed by atoms with Gasteiger partial charge in [0.05, 0.1) is 11.8 Å². The Hall–Kier alpha value is -1.49. The molecule has 1 aromatic heterocycles. The molecule has 4 atom stereocenters. The summed E-state index contributed by atoms with van der Waals surface area (Å²) in [5, 5.41) is 2.31. The first kappa shape index (κ1) is 9.53. The van der Waals surface area contributed by atoms with Crippen LogP contribution in [0.2, 0.25) is 0 Å². The lowest BCUT2D eigenvalue weighted by atomic mass is 9.85. The summed E-state index contributed by atoms with van der Waals surface area (Å²) in [6.45, 7) is 0. The normalized spacial score (nSPS) is 38.2. The van der Waals surface area contributed by atoms with Crippen molar-refractivity contribution in [3.63, 3.8) is 0 Å². The topological polar surface area (TPSA) is 50.3 Å². The first-order chi connectivity index (χ1) is 8.27. The number of anilines is 1. The molecule has 0 spiro atoms. The van der Waals surface area contributed by atoms with E-state index in [0.717, 1.165) is 6.42 Å². The number of allylic oxidation sites excluding steroid dienone is 2. The summed E-state index contributed by atoms with van der Waals surface area (Å²) < 4.78 is 0. The number of hydrogen-bond acceptors (Lipinski definition) is 4. The maximum absolute atomic E-state index is 12.3. The molecule has 1 aromatic rings. The molecule has 2 fully saturated rings. The second-order valence-corrected chi connectivity index (χ2v) is 5.70. The summed E-state index contributed by atoms with van der Waals surface area (Å²) in [5.74, 6) is 0.194. The molecule has 2 bridgehead atoms. The van der Waals surface area contributed by atoms with Gasteiger partial charge in [0, 0.05) is 11.6 Å². The van der Waals surface area contributed by atoms with Gasteiger partial charge in [-0.25, -0.2) is 9.88 Å². The monoisotopic (exact) mass is 246 g/mol. The molecule has 2 heterocycles. The molecule has 0 unspecified atom stereocenters. The molecular weight excluding hydrogens is 236 g/mol. The number of carbonyl (C=O) groups is 2. The minimum Gasteiger partial charge on any atom is -0.274 e. The fraction of sp³-hybridized carbons (Fsp3) is 0.417. The van der Waals surface area contributed by atoms with Crippen molar-refractivity contribution < 1.29 is 9.59 Å². The van der Waals surface area contributed by atoms with Crippen molar-refractivity contribution >= 4 is 28.3 Å². The van der Waals surface area contributed by atoms with Gasteiger partial charge < -0.3 is 0 Å². The van der Waals surface area contributed by atoms with Gasteiger partial charge in [0.25, 0.3) is 0 Å². The molecule has 1 aliphatic heterocycles. The predicted octanol–water partition coefficient (Wildman–Crippen LogP) is 1.45. The van der Waals surface area contributed by atoms with Crippen LogP contribution >= 0.6 is 11.3 Å². The Balaban J connectivity index is 1.79. The van der Waals surface area contributed by atoms with Gasteiger partial charge in [0.1, 0.15) is 0 Å². The second kappa shape index (κ2) is 3.04. The third kappa shape index (κ3) is 1.05. The van der Waals surface area contributed by atoms with E-state index in [1.54, 1.807) is 11.6 Å². The molecule has 3 aliphatic rings. The molecule has 0 N–H and O–H groups in total. The van der Waals surface area contributed by atoms with Gasteiger partial charge in [-0.1, -0.05) is 12.2 Å². The van der Waals surface area contributed by atoms with Crippen LogP contribution in [-0.4, -0.2) is 16.8 Å². The van der Waals surface area contributed by atoms with Crippen LogP contribution in [0.5, 0.6) is 0 Å². The van der Waals surface area contributed by atoms with Gasteiger partial charge >= 0.3 is 0 Å². The van der Waals surface area contributed by atoms with E-state index >= 15 is 0 Å². The van der Waals surface area contributed by atoms with Crippen molar-refractivity contribution in [2.75, 3.05) is 4.90 Å². The van der Waals surface area contributed by atoms with Crippen LogP contribution < -0.4 is 4.90 Å². The zero-order chi connectivity index (χ0) is 11.6. The van der Waals surface area contributed by atoms with Gasteiger partial charge in [-0.3, -0.25) is 9.59 Å². The average molecular weight is 246 g/mol. The summed E-state index contributed by atoms with van der Waals surface area (Å²) >= 11 is 1.34. The maximum Gasteiger partial charge on any atom is 0.240 e. The first-order valence-corrected chi connectivity index (χ1v) is 6.61. The van der Waals surface area contributed by atoms with E-state index in [9.17, 15) is 9.59 Å². The number of hydrogen-bond donors (Lipinski definition) is 0. The van der Waals surface area contributed by atoms with Crippen LogP contribution in [-0.2, 0) is 9.59 Å². The molecule has 1 saturated heterocycles. The molecule has 0 radical (unpaired) electrons. The number of carbonyl (C=O) groups excluding carboxylic acids is 2. The van der Waals surface area contributed by atoms with Gasteiger partial charge in [-0.2, -0.15) is 0 Å². The lowest BCUT2D eigenvalue weighted by molar-refractivity contribution is -0.123. The molecule has 4 nitrogen and oxygen atoms in total. The fourth-order valence-corrected chi connectivity index (χ4v) is 4.07. The van der Waals surface area contributed by atoms with E-state index in [2.05, 4.69) is 17.1 Å². The zero-order valence-electron chi connectivity index (χ0n) is 8.95. The number of thiazole rings is 1. The zero-order valence-corrected chi connectivity index (χ0v) is 9.76. The van der Waals surface area contributed by atoms with Gasteiger partial charge in [-0.15, -0.1) is 11.3 Å². The fourth-order valence-electron chi connectivity index (χ4n) is 3.42. The van der Waals surface area contributed by atoms with E-state index in [-0.39, 0.29) is 35.5 Å². The largest absolute Gasteiger partial charge is 0.274 e. The average Bonchev–Trinajstić information content (AvgIpc) is 3.03. The van der Waals surface area contributed by atoms with Crippen LogP contribution in [0.1, 0.15) is 6.42 Å². The smallest absolute Gasteiger partial charge is 0.240 e. The van der Waals surface area contributed by atoms with E-state index in [1.807, 2.05) is 0 Å². The van der Waals surface area contributed by atoms with Gasteiger partial charge in [0.15, 0.2) is 5.13 Å².